The molecule has 1 N–H and O–H groups in total. The predicted octanol–water partition coefficient (Wildman–Crippen LogP) is 5.29. The van der Waals surface area contributed by atoms with Crippen LogP contribution in [0.4, 0.5) is 15.8 Å². The number of aryl methyl sites for hydroxylation is 1. The van der Waals surface area contributed by atoms with Crippen molar-refractivity contribution in [2.75, 3.05) is 30.4 Å². The van der Waals surface area contributed by atoms with Crippen molar-refractivity contribution in [2.45, 2.75) is 11.8 Å². The van der Waals surface area contributed by atoms with E-state index in [1.54, 1.807) is 25.1 Å². The normalized spacial score (nSPS) is 11.1. The summed E-state index contributed by atoms with van der Waals surface area (Å²) in [6.45, 7) is 1.15. The number of hydrogen-bond acceptors (Lipinski definition) is 5. The summed E-state index contributed by atoms with van der Waals surface area (Å²) in [6, 6.07) is 12.3. The molecule has 34 heavy (non-hydrogen) atoms. The Labute approximate surface area is 207 Å². The number of rotatable bonds is 8. The van der Waals surface area contributed by atoms with Crippen LogP contribution in [0.1, 0.15) is 5.56 Å². The Morgan fingerprint density at radius 3 is 2.35 bits per heavy atom. The summed E-state index contributed by atoms with van der Waals surface area (Å²) < 4.78 is 52.2. The molecule has 0 saturated heterocycles. The fourth-order valence-electron chi connectivity index (χ4n) is 3.11. The number of nitrogens with one attached hydrogen (secondary N) is 1. The summed E-state index contributed by atoms with van der Waals surface area (Å²) in [5, 5.41) is 2.77. The zero-order valence-electron chi connectivity index (χ0n) is 18.4. The molecule has 1 amide bonds. The van der Waals surface area contributed by atoms with Crippen molar-refractivity contribution in [1.82, 2.24) is 0 Å². The number of amides is 1. The molecular formula is C23H21Cl2FN2O5S. The van der Waals surface area contributed by atoms with Gasteiger partial charge >= 0.3 is 0 Å². The molecule has 0 unspecified atom stereocenters. The Hall–Kier alpha value is -3.01. The van der Waals surface area contributed by atoms with E-state index < -0.39 is 28.3 Å². The smallest absolute Gasteiger partial charge is 0.264 e. The van der Waals surface area contributed by atoms with E-state index in [0.29, 0.717) is 16.5 Å². The largest absolute Gasteiger partial charge is 0.493 e. The van der Waals surface area contributed by atoms with Gasteiger partial charge in [-0.2, -0.15) is 0 Å². The van der Waals surface area contributed by atoms with Gasteiger partial charge in [0.1, 0.15) is 12.4 Å². The summed E-state index contributed by atoms with van der Waals surface area (Å²) in [4.78, 5) is 12.7. The average molecular weight is 527 g/mol. The number of halogens is 3. The molecule has 0 aromatic heterocycles. The van der Waals surface area contributed by atoms with Crippen molar-refractivity contribution in [3.05, 3.63) is 76.0 Å². The van der Waals surface area contributed by atoms with Crippen molar-refractivity contribution in [3.63, 3.8) is 0 Å². The lowest BCUT2D eigenvalue weighted by atomic mass is 10.2. The number of benzene rings is 3. The Balaban J connectivity index is 2.04. The second-order valence-electron chi connectivity index (χ2n) is 7.13. The number of methoxy groups -OCH3 is 2. The van der Waals surface area contributed by atoms with Gasteiger partial charge in [-0.3, -0.25) is 9.10 Å². The molecule has 3 aromatic carbocycles. The van der Waals surface area contributed by atoms with Crippen LogP contribution in [0, 0.1) is 12.7 Å². The van der Waals surface area contributed by atoms with Crippen LogP contribution < -0.4 is 19.1 Å². The fraction of sp³-hybridized carbons (Fsp3) is 0.174. The van der Waals surface area contributed by atoms with Crippen LogP contribution in [-0.2, 0) is 14.8 Å². The first-order valence-electron chi connectivity index (χ1n) is 9.82. The average Bonchev–Trinajstić information content (AvgIpc) is 2.81. The lowest BCUT2D eigenvalue weighted by Gasteiger charge is -2.25. The lowest BCUT2D eigenvalue weighted by molar-refractivity contribution is -0.114. The summed E-state index contributed by atoms with van der Waals surface area (Å²) >= 11 is 11.9. The SMILES string of the molecule is COc1ccc(S(=O)(=O)N(CC(=O)Nc2cc(Cl)ccc2C)c2ccc(F)c(Cl)c2)cc1OC. The summed E-state index contributed by atoms with van der Waals surface area (Å²) in [7, 11) is -1.53. The van der Waals surface area contributed by atoms with Crippen molar-refractivity contribution in [2.24, 2.45) is 0 Å². The molecule has 0 spiro atoms. The zero-order valence-corrected chi connectivity index (χ0v) is 20.8. The number of carbonyl (C=O) groups excluding carboxylic acids is 1. The van der Waals surface area contributed by atoms with E-state index in [0.717, 1.165) is 22.0 Å². The van der Waals surface area contributed by atoms with Crippen molar-refractivity contribution < 1.29 is 27.1 Å². The van der Waals surface area contributed by atoms with Crippen LogP contribution in [-0.4, -0.2) is 35.1 Å². The Morgan fingerprint density at radius 2 is 1.71 bits per heavy atom. The molecular weight excluding hydrogens is 506 g/mol. The third kappa shape index (κ3) is 5.55. The van der Waals surface area contributed by atoms with E-state index in [2.05, 4.69) is 5.32 Å². The van der Waals surface area contributed by atoms with Crippen LogP contribution in [0.2, 0.25) is 10.0 Å². The summed E-state index contributed by atoms with van der Waals surface area (Å²) in [6.07, 6.45) is 0. The molecule has 7 nitrogen and oxygen atoms in total. The number of sulfonamides is 1. The summed E-state index contributed by atoms with van der Waals surface area (Å²) in [5.41, 5.74) is 1.16. The molecule has 0 aliphatic carbocycles. The van der Waals surface area contributed by atoms with Gasteiger partial charge in [-0.25, -0.2) is 12.8 Å². The highest BCUT2D eigenvalue weighted by molar-refractivity contribution is 7.92. The first kappa shape index (κ1) is 25.6. The van der Waals surface area contributed by atoms with Crippen LogP contribution in [0.5, 0.6) is 11.5 Å². The van der Waals surface area contributed by atoms with E-state index >= 15 is 0 Å². The molecule has 0 bridgehead atoms. The molecule has 0 heterocycles. The maximum atomic E-state index is 13.8. The molecule has 3 aromatic rings. The Bertz CT molecular complexity index is 1330. The standard InChI is InChI=1S/C23H21Cl2FN2O5S/c1-14-4-5-15(24)10-20(14)27-23(29)13-28(16-6-8-19(26)18(25)11-16)34(30,31)17-7-9-21(32-2)22(12-17)33-3/h4-12H,13H2,1-3H3,(H,27,29). The van der Waals surface area contributed by atoms with Gasteiger partial charge in [0.25, 0.3) is 10.0 Å². The van der Waals surface area contributed by atoms with E-state index in [-0.39, 0.29) is 21.4 Å². The fourth-order valence-corrected chi connectivity index (χ4v) is 4.88. The van der Waals surface area contributed by atoms with E-state index in [9.17, 15) is 17.6 Å². The Morgan fingerprint density at radius 1 is 1.00 bits per heavy atom. The third-order valence-electron chi connectivity index (χ3n) is 4.90. The van der Waals surface area contributed by atoms with Gasteiger partial charge in [-0.1, -0.05) is 29.3 Å². The van der Waals surface area contributed by atoms with Gasteiger partial charge in [0, 0.05) is 16.8 Å². The van der Waals surface area contributed by atoms with Crippen LogP contribution >= 0.6 is 23.2 Å². The van der Waals surface area contributed by atoms with E-state index in [1.165, 1.54) is 38.5 Å². The number of carbonyl (C=O) groups is 1. The first-order valence-corrected chi connectivity index (χ1v) is 12.0. The molecule has 0 atom stereocenters. The third-order valence-corrected chi connectivity index (χ3v) is 7.19. The number of nitrogens with zero attached hydrogens (tertiary/aromatic N) is 1. The second-order valence-corrected chi connectivity index (χ2v) is 9.84. The van der Waals surface area contributed by atoms with Crippen LogP contribution in [0.3, 0.4) is 0 Å². The molecule has 11 heteroatoms. The van der Waals surface area contributed by atoms with Crippen LogP contribution in [0.25, 0.3) is 0 Å². The van der Waals surface area contributed by atoms with Crippen molar-refractivity contribution in [1.29, 1.82) is 0 Å². The molecule has 0 saturated carbocycles. The monoisotopic (exact) mass is 526 g/mol. The van der Waals surface area contributed by atoms with Gasteiger partial charge in [-0.15, -0.1) is 0 Å². The minimum absolute atomic E-state index is 0.000786. The number of hydrogen-bond donors (Lipinski definition) is 1. The van der Waals surface area contributed by atoms with Crippen molar-refractivity contribution >= 4 is 50.5 Å². The van der Waals surface area contributed by atoms with Crippen LogP contribution in [0.15, 0.2) is 59.5 Å². The number of anilines is 2. The van der Waals surface area contributed by atoms with Gasteiger partial charge in [0.15, 0.2) is 11.5 Å². The quantitative estimate of drug-likeness (QED) is 0.430. The maximum Gasteiger partial charge on any atom is 0.264 e. The van der Waals surface area contributed by atoms with Gasteiger partial charge in [-0.05, 0) is 55.0 Å². The number of ether oxygens (including phenoxy) is 2. The highest BCUT2D eigenvalue weighted by Gasteiger charge is 2.29. The first-order chi connectivity index (χ1) is 16.1. The van der Waals surface area contributed by atoms with E-state index in [1.807, 2.05) is 0 Å². The molecule has 0 fully saturated rings. The minimum atomic E-state index is -4.32. The molecule has 0 radical (unpaired) electrons. The molecule has 0 aliphatic rings. The molecule has 3 rings (SSSR count). The van der Waals surface area contributed by atoms with Crippen molar-refractivity contribution in [3.8, 4) is 11.5 Å². The zero-order chi connectivity index (χ0) is 25.0. The van der Waals surface area contributed by atoms with E-state index in [4.69, 9.17) is 32.7 Å². The topological polar surface area (TPSA) is 84.9 Å². The molecule has 180 valence electrons. The van der Waals surface area contributed by atoms with Gasteiger partial charge in [0.2, 0.25) is 5.91 Å². The molecule has 0 aliphatic heterocycles. The highest BCUT2D eigenvalue weighted by Crippen LogP contribution is 2.33. The highest BCUT2D eigenvalue weighted by atomic mass is 35.5. The Kier molecular flexibility index (Phi) is 7.91. The maximum absolute atomic E-state index is 13.8. The van der Waals surface area contributed by atoms with Gasteiger partial charge < -0.3 is 14.8 Å². The minimum Gasteiger partial charge on any atom is -0.493 e. The second kappa shape index (κ2) is 10.5. The lowest BCUT2D eigenvalue weighted by Crippen LogP contribution is -2.38. The predicted molar refractivity (Wildman–Crippen MR) is 130 cm³/mol. The van der Waals surface area contributed by atoms with Gasteiger partial charge in [0.05, 0.1) is 29.8 Å². The summed E-state index contributed by atoms with van der Waals surface area (Å²) in [5.74, 6) is -0.866.